The molecule has 9 aromatic carbocycles. The van der Waals surface area contributed by atoms with Crippen LogP contribution in [-0.2, 0) is 20.0 Å². The maximum Gasteiger partial charge on any atom is 0.314 e. The molecule has 3 unspecified atom stereocenters. The summed E-state index contributed by atoms with van der Waals surface area (Å²) in [5, 5.41) is -0.614. The highest BCUT2D eigenvalue weighted by Crippen LogP contribution is 2.47. The Morgan fingerprint density at radius 3 is 0.400 bits per heavy atom. The zero-order chi connectivity index (χ0) is 45.1. The van der Waals surface area contributed by atoms with E-state index in [-0.39, 0.29) is 32.4 Å². The summed E-state index contributed by atoms with van der Waals surface area (Å²) in [5.41, 5.74) is 11.5. The molecule has 0 aromatic heterocycles. The molecule has 0 bridgehead atoms. The molecule has 0 amide bonds. The van der Waals surface area contributed by atoms with E-state index < -0.39 is 8.25 Å². The van der Waals surface area contributed by atoms with Gasteiger partial charge in [0.1, 0.15) is 0 Å². The van der Waals surface area contributed by atoms with Crippen LogP contribution in [0.15, 0.2) is 273 Å². The minimum Gasteiger partial charge on any atom is -0.326 e. The first-order valence-electron chi connectivity index (χ1n) is 21.0. The minimum absolute atomic E-state index is 0. The lowest BCUT2D eigenvalue weighted by atomic mass is 9.84. The second kappa shape index (κ2) is 25.6. The van der Waals surface area contributed by atoms with Gasteiger partial charge in [-0.05, 0) is 50.1 Å². The molecule has 0 aliphatic rings. The van der Waals surface area contributed by atoms with E-state index in [1.807, 2.05) is 0 Å². The molecule has 65 heavy (non-hydrogen) atoms. The Kier molecular flexibility index (Phi) is 20.0. The SMILES string of the molecule is Br.O=[PH](O)O.PC(c1ccccc1)(c1ccccc1)c1ccccc1.PC(c1ccccc1)(c1ccccc1)c1ccccc1.PC(c1ccccc1)(c1ccccc1)c1ccccc1. The largest absolute Gasteiger partial charge is 0.326 e. The lowest BCUT2D eigenvalue weighted by Gasteiger charge is -2.31. The first kappa shape index (κ1) is 50.9. The highest BCUT2D eigenvalue weighted by molar-refractivity contribution is 8.93. The van der Waals surface area contributed by atoms with Crippen molar-refractivity contribution in [2.75, 3.05) is 0 Å². The highest BCUT2D eigenvalue weighted by Gasteiger charge is 2.33. The molecular formula is C57H55BrO3P4. The van der Waals surface area contributed by atoms with Gasteiger partial charge in [0.05, 0.1) is 15.5 Å². The van der Waals surface area contributed by atoms with Crippen molar-refractivity contribution >= 4 is 53.0 Å². The summed E-state index contributed by atoms with van der Waals surface area (Å²) in [5.74, 6) is 0. The van der Waals surface area contributed by atoms with Crippen LogP contribution in [0.2, 0.25) is 0 Å². The van der Waals surface area contributed by atoms with Gasteiger partial charge in [-0.3, -0.25) is 4.57 Å². The highest BCUT2D eigenvalue weighted by atomic mass is 79.9. The third kappa shape index (κ3) is 13.0. The molecule has 0 saturated heterocycles. The summed E-state index contributed by atoms with van der Waals surface area (Å²) in [7, 11) is 6.05. The normalized spacial score (nSPS) is 10.9. The Hall–Kier alpha value is -5.10. The van der Waals surface area contributed by atoms with Crippen LogP contribution in [0.1, 0.15) is 50.1 Å². The molecule has 9 rings (SSSR count). The number of hydrogen-bond acceptors (Lipinski definition) is 1. The first-order valence-corrected chi connectivity index (χ1v) is 24.0. The predicted molar refractivity (Wildman–Crippen MR) is 291 cm³/mol. The average Bonchev–Trinajstić information content (AvgIpc) is 3.38. The molecule has 0 spiro atoms. The Morgan fingerprint density at radius 1 is 0.246 bits per heavy atom. The summed E-state index contributed by atoms with van der Waals surface area (Å²) in [6.07, 6.45) is 0. The van der Waals surface area contributed by atoms with Crippen LogP contribution in [0.4, 0.5) is 0 Å². The quantitative estimate of drug-likeness (QED) is 0.112. The van der Waals surface area contributed by atoms with E-state index in [2.05, 4.69) is 301 Å². The zero-order valence-electron chi connectivity index (χ0n) is 35.9. The monoisotopic (exact) mass is 990 g/mol. The third-order valence-electron chi connectivity index (χ3n) is 11.1. The predicted octanol–water partition coefficient (Wildman–Crippen LogP) is 14.5. The molecule has 3 atom stereocenters. The molecule has 8 heteroatoms. The van der Waals surface area contributed by atoms with Crippen molar-refractivity contribution in [2.24, 2.45) is 0 Å². The smallest absolute Gasteiger partial charge is 0.314 e. The van der Waals surface area contributed by atoms with Gasteiger partial charge in [0, 0.05) is 0 Å². The molecule has 9 aromatic rings. The van der Waals surface area contributed by atoms with Gasteiger partial charge in [0.15, 0.2) is 0 Å². The van der Waals surface area contributed by atoms with E-state index in [1.165, 1.54) is 50.1 Å². The molecule has 328 valence electrons. The number of rotatable bonds is 9. The maximum atomic E-state index is 8.74. The maximum absolute atomic E-state index is 8.74. The molecule has 0 heterocycles. The van der Waals surface area contributed by atoms with Gasteiger partial charge in [-0.1, -0.05) is 273 Å². The van der Waals surface area contributed by atoms with E-state index >= 15 is 0 Å². The van der Waals surface area contributed by atoms with Crippen molar-refractivity contribution in [1.29, 1.82) is 0 Å². The van der Waals surface area contributed by atoms with Gasteiger partial charge >= 0.3 is 8.25 Å². The van der Waals surface area contributed by atoms with Gasteiger partial charge in [-0.15, -0.1) is 44.7 Å². The Bertz CT molecular complexity index is 2110. The van der Waals surface area contributed by atoms with E-state index in [0.717, 1.165) is 0 Å². The van der Waals surface area contributed by atoms with Crippen molar-refractivity contribution in [3.8, 4) is 0 Å². The van der Waals surface area contributed by atoms with E-state index in [4.69, 9.17) is 14.4 Å². The van der Waals surface area contributed by atoms with Crippen LogP contribution >= 0.6 is 53.0 Å². The summed E-state index contributed by atoms with van der Waals surface area (Å²) in [6.45, 7) is 0. The van der Waals surface area contributed by atoms with E-state index in [1.54, 1.807) is 0 Å². The van der Waals surface area contributed by atoms with Gasteiger partial charge in [-0.25, -0.2) is 0 Å². The second-order valence-corrected chi connectivity index (χ2v) is 18.2. The second-order valence-electron chi connectivity index (χ2n) is 15.0. The van der Waals surface area contributed by atoms with E-state index in [0.29, 0.717) is 0 Å². The van der Waals surface area contributed by atoms with Crippen molar-refractivity contribution in [2.45, 2.75) is 15.5 Å². The molecule has 0 fully saturated rings. The topological polar surface area (TPSA) is 57.5 Å². The first-order chi connectivity index (χ1) is 31.2. The van der Waals surface area contributed by atoms with Gasteiger partial charge < -0.3 is 9.79 Å². The van der Waals surface area contributed by atoms with Gasteiger partial charge in [0.25, 0.3) is 0 Å². The Morgan fingerprint density at radius 2 is 0.323 bits per heavy atom. The molecule has 2 N–H and O–H groups in total. The fourth-order valence-electron chi connectivity index (χ4n) is 7.81. The number of hydrogen-bond donors (Lipinski definition) is 2. The summed E-state index contributed by atoms with van der Waals surface area (Å²) in [4.78, 5) is 14.3. The van der Waals surface area contributed by atoms with Crippen LogP contribution in [0, 0.1) is 0 Å². The average molecular weight is 992 g/mol. The fourth-order valence-corrected chi connectivity index (χ4v) is 9.54. The van der Waals surface area contributed by atoms with Crippen molar-refractivity contribution in [3.05, 3.63) is 323 Å². The molecule has 0 aliphatic carbocycles. The number of halogens is 1. The van der Waals surface area contributed by atoms with Crippen molar-refractivity contribution in [3.63, 3.8) is 0 Å². The fraction of sp³-hybridized carbons (Fsp3) is 0.0526. The summed E-state index contributed by atoms with van der Waals surface area (Å²) >= 11 is 0. The Balaban J connectivity index is 0.000000174. The molecular weight excluding hydrogens is 936 g/mol. The van der Waals surface area contributed by atoms with Crippen molar-refractivity contribution < 1.29 is 14.4 Å². The van der Waals surface area contributed by atoms with Crippen LogP contribution in [0.25, 0.3) is 0 Å². The van der Waals surface area contributed by atoms with E-state index in [9.17, 15) is 0 Å². The number of benzene rings is 9. The van der Waals surface area contributed by atoms with Crippen molar-refractivity contribution in [1.82, 2.24) is 0 Å². The molecule has 3 nitrogen and oxygen atoms in total. The lowest BCUT2D eigenvalue weighted by Crippen LogP contribution is -2.21. The van der Waals surface area contributed by atoms with Crippen LogP contribution in [-0.4, -0.2) is 9.79 Å². The summed E-state index contributed by atoms with van der Waals surface area (Å²) < 4.78 is 8.74. The molecule has 0 saturated carbocycles. The lowest BCUT2D eigenvalue weighted by molar-refractivity contribution is 0.405. The minimum atomic E-state index is -3.13. The summed E-state index contributed by atoms with van der Waals surface area (Å²) in [6, 6.07) is 95.7. The molecule has 0 aliphatic heterocycles. The standard InChI is InChI=1S/3C19H17P.BrH.H3O3P/c3*20-19(16-10-4-1-5-11-16,17-12-6-2-7-13-17)18-14-8-3-9-15-18;;1-4(2)3/h3*1-15H,20H2;1H;4H,(H2,1,2,3). The molecule has 0 radical (unpaired) electrons. The third-order valence-corrected chi connectivity index (χ3v) is 14.1. The van der Waals surface area contributed by atoms with Crippen LogP contribution < -0.4 is 0 Å². The zero-order valence-corrected chi connectivity index (χ0v) is 42.1. The Labute approximate surface area is 403 Å². The van der Waals surface area contributed by atoms with Gasteiger partial charge in [-0.2, -0.15) is 0 Å². The van der Waals surface area contributed by atoms with Crippen LogP contribution in [0.3, 0.4) is 0 Å². The van der Waals surface area contributed by atoms with Gasteiger partial charge in [0.2, 0.25) is 0 Å². The van der Waals surface area contributed by atoms with Crippen LogP contribution in [0.5, 0.6) is 0 Å².